The molecule has 0 saturated heterocycles. The molecule has 6 nitrogen and oxygen atoms in total. The SMILES string of the molecule is CCOc1ccc(NC(=O)COC(=O)c2cccc(-n3c(C)ccc3C)c2)cc1. The molecule has 150 valence electrons. The largest absolute Gasteiger partial charge is 0.494 e. The second kappa shape index (κ2) is 9.10. The molecule has 0 saturated carbocycles. The molecule has 0 aliphatic heterocycles. The van der Waals surface area contributed by atoms with Crippen LogP contribution in [-0.2, 0) is 9.53 Å². The van der Waals surface area contributed by atoms with Gasteiger partial charge in [0.2, 0.25) is 0 Å². The van der Waals surface area contributed by atoms with Crippen LogP contribution in [0.2, 0.25) is 0 Å². The molecule has 3 rings (SSSR count). The number of nitrogens with zero attached hydrogens (tertiary/aromatic N) is 1. The monoisotopic (exact) mass is 392 g/mol. The van der Waals surface area contributed by atoms with Gasteiger partial charge in [-0.1, -0.05) is 6.07 Å². The van der Waals surface area contributed by atoms with Gasteiger partial charge in [-0.2, -0.15) is 0 Å². The van der Waals surface area contributed by atoms with Crippen molar-refractivity contribution >= 4 is 17.6 Å². The van der Waals surface area contributed by atoms with Gasteiger partial charge in [0.1, 0.15) is 5.75 Å². The van der Waals surface area contributed by atoms with Crippen LogP contribution in [0, 0.1) is 13.8 Å². The van der Waals surface area contributed by atoms with E-state index in [0.717, 1.165) is 22.8 Å². The van der Waals surface area contributed by atoms with Gasteiger partial charge < -0.3 is 19.4 Å². The van der Waals surface area contributed by atoms with E-state index in [-0.39, 0.29) is 6.61 Å². The summed E-state index contributed by atoms with van der Waals surface area (Å²) in [7, 11) is 0. The van der Waals surface area contributed by atoms with E-state index in [0.29, 0.717) is 17.9 Å². The van der Waals surface area contributed by atoms with Gasteiger partial charge in [-0.3, -0.25) is 4.79 Å². The molecule has 0 bridgehead atoms. The summed E-state index contributed by atoms with van der Waals surface area (Å²) in [6.45, 7) is 6.12. The number of rotatable bonds is 7. The number of benzene rings is 2. The van der Waals surface area contributed by atoms with Crippen LogP contribution in [0.15, 0.2) is 60.7 Å². The molecule has 1 N–H and O–H groups in total. The Morgan fingerprint density at radius 1 is 0.966 bits per heavy atom. The molecule has 0 spiro atoms. The zero-order chi connectivity index (χ0) is 20.8. The minimum absolute atomic E-state index is 0.363. The predicted octanol–water partition coefficient (Wildman–Crippen LogP) is 4.29. The van der Waals surface area contributed by atoms with Crippen LogP contribution in [-0.4, -0.2) is 29.7 Å². The smallest absolute Gasteiger partial charge is 0.338 e. The molecule has 0 aliphatic rings. The van der Waals surface area contributed by atoms with Crippen LogP contribution in [0.1, 0.15) is 28.7 Å². The first-order chi connectivity index (χ1) is 14.0. The van der Waals surface area contributed by atoms with Crippen LogP contribution < -0.4 is 10.1 Å². The Bertz CT molecular complexity index is 986. The Kier molecular flexibility index (Phi) is 6.34. The fourth-order valence-corrected chi connectivity index (χ4v) is 3.06. The van der Waals surface area contributed by atoms with E-state index in [9.17, 15) is 9.59 Å². The third-order valence-electron chi connectivity index (χ3n) is 4.39. The second-order valence-electron chi connectivity index (χ2n) is 6.58. The zero-order valence-corrected chi connectivity index (χ0v) is 16.8. The number of carbonyl (C=O) groups excluding carboxylic acids is 2. The molecule has 3 aromatic rings. The fourth-order valence-electron chi connectivity index (χ4n) is 3.06. The first-order valence-electron chi connectivity index (χ1n) is 9.43. The van der Waals surface area contributed by atoms with Crippen molar-refractivity contribution in [3.8, 4) is 11.4 Å². The molecule has 0 atom stereocenters. The van der Waals surface area contributed by atoms with Gasteiger partial charge in [-0.05, 0) is 75.4 Å². The van der Waals surface area contributed by atoms with Crippen molar-refractivity contribution in [2.45, 2.75) is 20.8 Å². The van der Waals surface area contributed by atoms with Crippen molar-refractivity contribution in [1.82, 2.24) is 4.57 Å². The van der Waals surface area contributed by atoms with Crippen LogP contribution in [0.3, 0.4) is 0 Å². The minimum Gasteiger partial charge on any atom is -0.494 e. The Labute approximate surface area is 170 Å². The number of hydrogen-bond donors (Lipinski definition) is 1. The van der Waals surface area contributed by atoms with E-state index in [2.05, 4.69) is 9.88 Å². The van der Waals surface area contributed by atoms with Crippen molar-refractivity contribution < 1.29 is 19.1 Å². The van der Waals surface area contributed by atoms with Crippen LogP contribution in [0.5, 0.6) is 5.75 Å². The van der Waals surface area contributed by atoms with Gasteiger partial charge in [0.15, 0.2) is 6.61 Å². The van der Waals surface area contributed by atoms with E-state index < -0.39 is 11.9 Å². The fraction of sp³-hybridized carbons (Fsp3) is 0.217. The Hall–Kier alpha value is -3.54. The number of hydrogen-bond acceptors (Lipinski definition) is 4. The van der Waals surface area contributed by atoms with Gasteiger partial charge in [0, 0.05) is 22.8 Å². The molecular formula is C23H24N2O4. The Morgan fingerprint density at radius 3 is 2.31 bits per heavy atom. The third-order valence-corrected chi connectivity index (χ3v) is 4.39. The number of aryl methyl sites for hydroxylation is 2. The average Bonchev–Trinajstić information content (AvgIpc) is 3.06. The molecule has 1 aromatic heterocycles. The number of ether oxygens (including phenoxy) is 2. The Balaban J connectivity index is 1.59. The van der Waals surface area contributed by atoms with Crippen molar-refractivity contribution in [2.24, 2.45) is 0 Å². The molecule has 0 radical (unpaired) electrons. The quantitative estimate of drug-likeness (QED) is 0.609. The lowest BCUT2D eigenvalue weighted by Gasteiger charge is -2.11. The summed E-state index contributed by atoms with van der Waals surface area (Å²) in [5.41, 5.74) is 4.02. The summed E-state index contributed by atoms with van der Waals surface area (Å²) in [4.78, 5) is 24.5. The Morgan fingerprint density at radius 2 is 1.66 bits per heavy atom. The number of nitrogens with one attached hydrogen (secondary N) is 1. The summed E-state index contributed by atoms with van der Waals surface area (Å²) in [5, 5.41) is 2.69. The topological polar surface area (TPSA) is 69.6 Å². The van der Waals surface area contributed by atoms with Crippen molar-refractivity contribution in [2.75, 3.05) is 18.5 Å². The van der Waals surface area contributed by atoms with Crippen molar-refractivity contribution in [3.63, 3.8) is 0 Å². The summed E-state index contributed by atoms with van der Waals surface area (Å²) < 4.78 is 12.6. The highest BCUT2D eigenvalue weighted by Gasteiger charge is 2.12. The van der Waals surface area contributed by atoms with Crippen LogP contribution >= 0.6 is 0 Å². The molecule has 1 heterocycles. The lowest BCUT2D eigenvalue weighted by molar-refractivity contribution is -0.119. The molecule has 0 unspecified atom stereocenters. The van der Waals surface area contributed by atoms with E-state index in [1.807, 2.05) is 39.0 Å². The molecule has 2 aromatic carbocycles. The maximum atomic E-state index is 12.4. The van der Waals surface area contributed by atoms with Crippen LogP contribution in [0.25, 0.3) is 5.69 Å². The normalized spacial score (nSPS) is 10.4. The lowest BCUT2D eigenvalue weighted by Crippen LogP contribution is -2.21. The number of anilines is 1. The summed E-state index contributed by atoms with van der Waals surface area (Å²) >= 11 is 0. The molecular weight excluding hydrogens is 368 g/mol. The van der Waals surface area contributed by atoms with E-state index in [1.165, 1.54) is 0 Å². The second-order valence-corrected chi connectivity index (χ2v) is 6.58. The van der Waals surface area contributed by atoms with Gasteiger partial charge in [0.05, 0.1) is 12.2 Å². The lowest BCUT2D eigenvalue weighted by atomic mass is 10.2. The van der Waals surface area contributed by atoms with Gasteiger partial charge in [-0.15, -0.1) is 0 Å². The average molecular weight is 392 g/mol. The summed E-state index contributed by atoms with van der Waals surface area (Å²) in [6, 6.07) is 18.2. The first-order valence-corrected chi connectivity index (χ1v) is 9.43. The van der Waals surface area contributed by atoms with E-state index in [4.69, 9.17) is 9.47 Å². The minimum atomic E-state index is -0.545. The van der Waals surface area contributed by atoms with Gasteiger partial charge in [-0.25, -0.2) is 4.79 Å². The van der Waals surface area contributed by atoms with Gasteiger partial charge >= 0.3 is 5.97 Å². The standard InChI is InChI=1S/C23H24N2O4/c1-4-28-21-12-10-19(11-13-21)24-22(26)15-29-23(27)18-6-5-7-20(14-18)25-16(2)8-9-17(25)3/h5-14H,4,15H2,1-3H3,(H,24,26). The summed E-state index contributed by atoms with van der Waals surface area (Å²) in [5.74, 6) is -0.225. The van der Waals surface area contributed by atoms with Crippen molar-refractivity contribution in [3.05, 3.63) is 77.6 Å². The van der Waals surface area contributed by atoms with Crippen LogP contribution in [0.4, 0.5) is 5.69 Å². The highest BCUT2D eigenvalue weighted by Crippen LogP contribution is 2.18. The third kappa shape index (κ3) is 5.04. The zero-order valence-electron chi connectivity index (χ0n) is 16.8. The molecule has 6 heteroatoms. The molecule has 0 fully saturated rings. The molecule has 29 heavy (non-hydrogen) atoms. The molecule has 1 amide bonds. The first kappa shape index (κ1) is 20.2. The van der Waals surface area contributed by atoms with E-state index in [1.54, 1.807) is 42.5 Å². The number of carbonyl (C=O) groups is 2. The molecule has 0 aliphatic carbocycles. The highest BCUT2D eigenvalue weighted by molar-refractivity contribution is 5.95. The maximum Gasteiger partial charge on any atom is 0.338 e. The predicted molar refractivity (Wildman–Crippen MR) is 112 cm³/mol. The summed E-state index contributed by atoms with van der Waals surface area (Å²) in [6.07, 6.45) is 0. The number of aromatic nitrogens is 1. The van der Waals surface area contributed by atoms with Gasteiger partial charge in [0.25, 0.3) is 5.91 Å². The maximum absolute atomic E-state index is 12.4. The van der Waals surface area contributed by atoms with Crippen molar-refractivity contribution in [1.29, 1.82) is 0 Å². The van der Waals surface area contributed by atoms with E-state index >= 15 is 0 Å². The number of amides is 1. The number of esters is 1. The highest BCUT2D eigenvalue weighted by atomic mass is 16.5.